The van der Waals surface area contributed by atoms with Crippen molar-refractivity contribution >= 4 is 42.3 Å². The maximum Gasteiger partial charge on any atom is 0.573 e. The summed E-state index contributed by atoms with van der Waals surface area (Å²) in [5, 5.41) is 2.62. The lowest BCUT2D eigenvalue weighted by Crippen LogP contribution is -2.50. The van der Waals surface area contributed by atoms with Crippen LogP contribution < -0.4 is 15.8 Å². The van der Waals surface area contributed by atoms with E-state index < -0.39 is 6.36 Å². The number of carbonyl (C=O) groups excluding carboxylic acids is 2. The predicted molar refractivity (Wildman–Crippen MR) is 103 cm³/mol. The third-order valence-electron chi connectivity index (χ3n) is 3.82. The van der Waals surface area contributed by atoms with E-state index in [1.54, 1.807) is 4.90 Å². The highest BCUT2D eigenvalue weighted by Gasteiger charge is 2.31. The molecule has 2 amide bonds. The number of hydrogen-bond acceptors (Lipinski definition) is 5. The zero-order chi connectivity index (χ0) is 19.2. The molecule has 0 unspecified atom stereocenters. The number of halogens is 5. The van der Waals surface area contributed by atoms with Crippen molar-refractivity contribution in [3.05, 3.63) is 24.3 Å². The first kappa shape index (κ1) is 26.2. The van der Waals surface area contributed by atoms with E-state index in [0.29, 0.717) is 44.8 Å². The van der Waals surface area contributed by atoms with E-state index in [9.17, 15) is 22.8 Å². The number of piperazine rings is 1. The number of hydrogen-bond donors (Lipinski definition) is 2. The molecule has 0 saturated carbocycles. The van der Waals surface area contributed by atoms with E-state index in [-0.39, 0.29) is 48.9 Å². The lowest BCUT2D eigenvalue weighted by atomic mass is 10.2. The fourth-order valence-corrected chi connectivity index (χ4v) is 2.58. The molecule has 1 heterocycles. The van der Waals surface area contributed by atoms with Gasteiger partial charge < -0.3 is 20.7 Å². The lowest BCUT2D eigenvalue weighted by Gasteiger charge is -2.34. The molecule has 0 bridgehead atoms. The van der Waals surface area contributed by atoms with Gasteiger partial charge in [0.2, 0.25) is 11.8 Å². The van der Waals surface area contributed by atoms with Crippen LogP contribution in [0.25, 0.3) is 0 Å². The van der Waals surface area contributed by atoms with Gasteiger partial charge >= 0.3 is 6.36 Å². The molecule has 0 radical (unpaired) electrons. The standard InChI is InChI=1S/C16H21F3N4O3.2ClH/c17-16(18,19)26-13-3-1-12(2-4-13)21-14(24)11-22-7-9-23(10-8-22)15(25)5-6-20;;/h1-4H,5-11,20H2,(H,21,24);2*1H. The summed E-state index contributed by atoms with van der Waals surface area (Å²) in [4.78, 5) is 27.4. The largest absolute Gasteiger partial charge is 0.573 e. The number of carbonyl (C=O) groups is 2. The number of nitrogens with one attached hydrogen (secondary N) is 1. The first-order valence-corrected chi connectivity index (χ1v) is 8.12. The fraction of sp³-hybridized carbons (Fsp3) is 0.500. The summed E-state index contributed by atoms with van der Waals surface area (Å²) >= 11 is 0. The van der Waals surface area contributed by atoms with Crippen molar-refractivity contribution in [3.8, 4) is 5.75 Å². The Morgan fingerprint density at radius 1 is 1.07 bits per heavy atom. The van der Waals surface area contributed by atoms with Gasteiger partial charge in [-0.3, -0.25) is 14.5 Å². The van der Waals surface area contributed by atoms with Gasteiger partial charge in [-0.25, -0.2) is 0 Å². The summed E-state index contributed by atoms with van der Waals surface area (Å²) in [5.74, 6) is -0.622. The molecule has 0 aliphatic carbocycles. The van der Waals surface area contributed by atoms with Gasteiger partial charge in [-0.05, 0) is 24.3 Å². The normalized spacial score (nSPS) is 14.5. The van der Waals surface area contributed by atoms with Crippen LogP contribution in [0.3, 0.4) is 0 Å². The van der Waals surface area contributed by atoms with Crippen LogP contribution in [0.2, 0.25) is 0 Å². The molecular formula is C16H23Cl2F3N4O3. The average molecular weight is 447 g/mol. The highest BCUT2D eigenvalue weighted by atomic mass is 35.5. The van der Waals surface area contributed by atoms with Gasteiger partial charge in [-0.2, -0.15) is 0 Å². The van der Waals surface area contributed by atoms with Crippen molar-refractivity contribution in [2.75, 3.05) is 44.6 Å². The van der Waals surface area contributed by atoms with Gasteiger partial charge in [-0.1, -0.05) is 0 Å². The molecule has 2 rings (SSSR count). The number of nitrogens with two attached hydrogens (primary N) is 1. The maximum absolute atomic E-state index is 12.1. The van der Waals surface area contributed by atoms with Crippen molar-refractivity contribution in [1.82, 2.24) is 9.80 Å². The highest BCUT2D eigenvalue weighted by Crippen LogP contribution is 2.23. The topological polar surface area (TPSA) is 87.9 Å². The highest BCUT2D eigenvalue weighted by molar-refractivity contribution is 5.92. The summed E-state index contributed by atoms with van der Waals surface area (Å²) in [7, 11) is 0. The Hall–Kier alpha value is -1.75. The maximum atomic E-state index is 12.1. The van der Waals surface area contributed by atoms with Crippen LogP contribution in [0.4, 0.5) is 18.9 Å². The number of rotatable bonds is 6. The first-order valence-electron chi connectivity index (χ1n) is 8.12. The molecule has 3 N–H and O–H groups in total. The minimum absolute atomic E-state index is 0. The van der Waals surface area contributed by atoms with Crippen molar-refractivity contribution in [2.24, 2.45) is 5.73 Å². The summed E-state index contributed by atoms with van der Waals surface area (Å²) in [6.07, 6.45) is -4.44. The Labute approximate surface area is 173 Å². The van der Waals surface area contributed by atoms with E-state index in [4.69, 9.17) is 5.73 Å². The summed E-state index contributed by atoms with van der Waals surface area (Å²) in [6, 6.07) is 4.93. The Balaban J connectivity index is 0.00000364. The van der Waals surface area contributed by atoms with Crippen molar-refractivity contribution < 1.29 is 27.5 Å². The van der Waals surface area contributed by atoms with Gasteiger partial charge in [0.25, 0.3) is 0 Å². The summed E-state index contributed by atoms with van der Waals surface area (Å²) in [5.41, 5.74) is 5.74. The molecule has 1 aromatic carbocycles. The number of nitrogens with zero attached hydrogens (tertiary/aromatic N) is 2. The zero-order valence-corrected chi connectivity index (χ0v) is 16.5. The predicted octanol–water partition coefficient (Wildman–Crippen LogP) is 1.86. The summed E-state index contributed by atoms with van der Waals surface area (Å²) in [6.45, 7) is 2.67. The van der Waals surface area contributed by atoms with E-state index in [1.165, 1.54) is 12.1 Å². The van der Waals surface area contributed by atoms with Crippen LogP contribution in [-0.4, -0.2) is 67.2 Å². The van der Waals surface area contributed by atoms with Crippen LogP contribution in [0.5, 0.6) is 5.75 Å². The minimum atomic E-state index is -4.75. The van der Waals surface area contributed by atoms with Crippen LogP contribution >= 0.6 is 24.8 Å². The van der Waals surface area contributed by atoms with E-state index >= 15 is 0 Å². The monoisotopic (exact) mass is 446 g/mol. The quantitative estimate of drug-likeness (QED) is 0.696. The second kappa shape index (κ2) is 11.9. The second-order valence-corrected chi connectivity index (χ2v) is 5.82. The number of alkyl halides is 3. The van der Waals surface area contributed by atoms with Crippen LogP contribution in [0.1, 0.15) is 6.42 Å². The number of ether oxygens (including phenoxy) is 1. The second-order valence-electron chi connectivity index (χ2n) is 5.82. The van der Waals surface area contributed by atoms with E-state index in [1.807, 2.05) is 4.90 Å². The van der Waals surface area contributed by atoms with Crippen molar-refractivity contribution in [1.29, 1.82) is 0 Å². The summed E-state index contributed by atoms with van der Waals surface area (Å²) < 4.78 is 40.1. The van der Waals surface area contributed by atoms with Crippen LogP contribution in [0, 0.1) is 0 Å². The molecule has 1 aliphatic heterocycles. The molecule has 0 aromatic heterocycles. The van der Waals surface area contributed by atoms with Crippen molar-refractivity contribution in [3.63, 3.8) is 0 Å². The molecule has 28 heavy (non-hydrogen) atoms. The molecule has 7 nitrogen and oxygen atoms in total. The first-order chi connectivity index (χ1) is 12.3. The zero-order valence-electron chi connectivity index (χ0n) is 14.9. The molecular weight excluding hydrogens is 424 g/mol. The Bertz CT molecular complexity index is 625. The molecule has 1 aliphatic rings. The molecule has 0 atom stereocenters. The molecule has 1 aromatic rings. The smallest absolute Gasteiger partial charge is 0.406 e. The molecule has 12 heteroatoms. The van der Waals surface area contributed by atoms with Gasteiger partial charge in [0.1, 0.15) is 5.75 Å². The number of amides is 2. The number of anilines is 1. The van der Waals surface area contributed by atoms with E-state index in [0.717, 1.165) is 12.1 Å². The van der Waals surface area contributed by atoms with Gasteiger partial charge in [0.05, 0.1) is 6.54 Å². The number of benzene rings is 1. The van der Waals surface area contributed by atoms with Gasteiger partial charge in [0.15, 0.2) is 0 Å². The Morgan fingerprint density at radius 2 is 1.64 bits per heavy atom. The van der Waals surface area contributed by atoms with Gasteiger partial charge in [0, 0.05) is 44.8 Å². The fourth-order valence-electron chi connectivity index (χ4n) is 2.58. The van der Waals surface area contributed by atoms with Crippen LogP contribution in [-0.2, 0) is 9.59 Å². The van der Waals surface area contributed by atoms with Crippen LogP contribution in [0.15, 0.2) is 24.3 Å². The average Bonchev–Trinajstić information content (AvgIpc) is 2.56. The molecule has 0 spiro atoms. The third kappa shape index (κ3) is 8.96. The van der Waals surface area contributed by atoms with Crippen molar-refractivity contribution in [2.45, 2.75) is 12.8 Å². The molecule has 1 saturated heterocycles. The SMILES string of the molecule is Cl.Cl.NCCC(=O)N1CCN(CC(=O)Nc2ccc(OC(F)(F)F)cc2)CC1. The lowest BCUT2D eigenvalue weighted by molar-refractivity contribution is -0.274. The Kier molecular flexibility index (Phi) is 11.2. The third-order valence-corrected chi connectivity index (χ3v) is 3.82. The molecule has 160 valence electrons. The van der Waals surface area contributed by atoms with Gasteiger partial charge in [-0.15, -0.1) is 38.0 Å². The van der Waals surface area contributed by atoms with E-state index in [2.05, 4.69) is 10.1 Å². The molecule has 1 fully saturated rings. The minimum Gasteiger partial charge on any atom is -0.406 e. The Morgan fingerprint density at radius 3 is 2.14 bits per heavy atom.